The van der Waals surface area contributed by atoms with Crippen LogP contribution >= 0.6 is 0 Å². The second kappa shape index (κ2) is 6.74. The van der Waals surface area contributed by atoms with Gasteiger partial charge in [-0.05, 0) is 50.5 Å². The number of rotatable bonds is 5. The molecule has 2 rings (SSSR count). The summed E-state index contributed by atoms with van der Waals surface area (Å²) < 4.78 is 5.20. The van der Waals surface area contributed by atoms with Gasteiger partial charge in [-0.2, -0.15) is 0 Å². The number of amides is 1. The summed E-state index contributed by atoms with van der Waals surface area (Å²) >= 11 is 0. The van der Waals surface area contributed by atoms with Crippen LogP contribution in [-0.2, 0) is 11.2 Å². The molecule has 0 N–H and O–H groups in total. The molecule has 0 bridgehead atoms. The van der Waals surface area contributed by atoms with Crippen LogP contribution in [0.2, 0.25) is 0 Å². The van der Waals surface area contributed by atoms with Crippen molar-refractivity contribution in [3.8, 4) is 5.75 Å². The number of carbonyl (C=O) groups is 2. The normalized spacial score (nSPS) is 17.3. The summed E-state index contributed by atoms with van der Waals surface area (Å²) in [5.41, 5.74) is 1.78. The Bertz CT molecular complexity index is 535. The quantitative estimate of drug-likeness (QED) is 0.837. The highest BCUT2D eigenvalue weighted by Gasteiger charge is 2.30. The van der Waals surface area contributed by atoms with Gasteiger partial charge in [-0.15, -0.1) is 0 Å². The van der Waals surface area contributed by atoms with Crippen LogP contribution in [0, 0.1) is 5.92 Å². The summed E-state index contributed by atoms with van der Waals surface area (Å²) in [5, 5.41) is 0. The van der Waals surface area contributed by atoms with Crippen LogP contribution in [0.4, 0.5) is 0 Å². The third-order valence-corrected chi connectivity index (χ3v) is 4.25. The van der Waals surface area contributed by atoms with E-state index in [2.05, 4.69) is 0 Å². The summed E-state index contributed by atoms with van der Waals surface area (Å²) in [4.78, 5) is 26.5. The first-order chi connectivity index (χ1) is 10.1. The average Bonchev–Trinajstić information content (AvgIpc) is 2.51. The fourth-order valence-electron chi connectivity index (χ4n) is 2.94. The predicted octanol–water partition coefficient (Wildman–Crippen LogP) is 2.70. The van der Waals surface area contributed by atoms with Gasteiger partial charge in [-0.25, -0.2) is 0 Å². The Kier molecular flexibility index (Phi) is 4.99. The van der Waals surface area contributed by atoms with Gasteiger partial charge in [0.15, 0.2) is 5.78 Å². The fourth-order valence-corrected chi connectivity index (χ4v) is 2.94. The van der Waals surface area contributed by atoms with Crippen molar-refractivity contribution in [2.45, 2.75) is 33.1 Å². The molecule has 1 atom stereocenters. The number of aryl methyl sites for hydroxylation is 1. The minimum absolute atomic E-state index is 0.0790. The van der Waals surface area contributed by atoms with E-state index < -0.39 is 0 Å². The molecular formula is C17H23NO3. The molecule has 0 radical (unpaired) electrons. The summed E-state index contributed by atoms with van der Waals surface area (Å²) in [6.07, 6.45) is 1.90. The van der Waals surface area contributed by atoms with Crippen molar-refractivity contribution in [1.82, 2.24) is 4.90 Å². The molecule has 114 valence electrons. The lowest BCUT2D eigenvalue weighted by Gasteiger charge is -2.26. The van der Waals surface area contributed by atoms with E-state index in [0.717, 1.165) is 29.7 Å². The van der Waals surface area contributed by atoms with Gasteiger partial charge < -0.3 is 9.64 Å². The number of Topliss-reactive ketones (excluding diaryl/α,β-unsaturated/α-hetero) is 1. The zero-order chi connectivity index (χ0) is 15.4. The minimum Gasteiger partial charge on any atom is -0.497 e. The molecule has 0 aliphatic heterocycles. The number of ether oxygens (including phenoxy) is 1. The molecule has 1 aliphatic carbocycles. The second-order valence-corrected chi connectivity index (χ2v) is 5.39. The topological polar surface area (TPSA) is 46.6 Å². The van der Waals surface area contributed by atoms with Crippen LogP contribution in [0.3, 0.4) is 0 Å². The van der Waals surface area contributed by atoms with Crippen molar-refractivity contribution in [3.63, 3.8) is 0 Å². The van der Waals surface area contributed by atoms with E-state index in [-0.39, 0.29) is 17.6 Å². The number of fused-ring (bicyclic) bond motifs is 1. The van der Waals surface area contributed by atoms with E-state index in [4.69, 9.17) is 4.74 Å². The molecule has 21 heavy (non-hydrogen) atoms. The number of hydrogen-bond donors (Lipinski definition) is 0. The van der Waals surface area contributed by atoms with Gasteiger partial charge in [-0.3, -0.25) is 9.59 Å². The van der Waals surface area contributed by atoms with Crippen molar-refractivity contribution in [3.05, 3.63) is 29.3 Å². The van der Waals surface area contributed by atoms with Crippen LogP contribution in [0.15, 0.2) is 18.2 Å². The number of benzene rings is 1. The van der Waals surface area contributed by atoms with Crippen molar-refractivity contribution in [2.75, 3.05) is 20.2 Å². The van der Waals surface area contributed by atoms with Gasteiger partial charge in [0.05, 0.1) is 7.11 Å². The molecule has 1 unspecified atom stereocenters. The first kappa shape index (κ1) is 15.5. The molecule has 1 aromatic rings. The van der Waals surface area contributed by atoms with Crippen molar-refractivity contribution in [1.29, 1.82) is 0 Å². The maximum Gasteiger partial charge on any atom is 0.223 e. The number of hydrogen-bond acceptors (Lipinski definition) is 3. The molecule has 4 nitrogen and oxygen atoms in total. The third kappa shape index (κ3) is 3.26. The average molecular weight is 289 g/mol. The van der Waals surface area contributed by atoms with Crippen molar-refractivity contribution >= 4 is 11.7 Å². The summed E-state index contributed by atoms with van der Waals surface area (Å²) in [6, 6.07) is 5.56. The molecule has 1 aliphatic rings. The predicted molar refractivity (Wildman–Crippen MR) is 81.7 cm³/mol. The summed E-state index contributed by atoms with van der Waals surface area (Å²) in [7, 11) is 1.62. The van der Waals surface area contributed by atoms with E-state index in [1.807, 2.05) is 32.0 Å². The van der Waals surface area contributed by atoms with Gasteiger partial charge in [0.2, 0.25) is 5.91 Å². The van der Waals surface area contributed by atoms with E-state index in [9.17, 15) is 9.59 Å². The first-order valence-corrected chi connectivity index (χ1v) is 7.59. The van der Waals surface area contributed by atoms with Gasteiger partial charge >= 0.3 is 0 Å². The number of nitrogens with zero attached hydrogens (tertiary/aromatic N) is 1. The highest BCUT2D eigenvalue weighted by molar-refractivity contribution is 6.02. The molecule has 0 fully saturated rings. The largest absolute Gasteiger partial charge is 0.497 e. The number of ketones is 1. The SMILES string of the molecule is CCN(CC)C(=O)CC1CCc2cc(OC)ccc2C1=O. The monoisotopic (exact) mass is 289 g/mol. The molecule has 0 saturated heterocycles. The summed E-state index contributed by atoms with van der Waals surface area (Å²) in [5.74, 6) is 0.771. The molecule has 0 saturated carbocycles. The minimum atomic E-state index is -0.181. The first-order valence-electron chi connectivity index (χ1n) is 7.59. The van der Waals surface area contributed by atoms with E-state index in [1.165, 1.54) is 0 Å². The molecule has 0 aromatic heterocycles. The van der Waals surface area contributed by atoms with Gasteiger partial charge in [-0.1, -0.05) is 0 Å². The number of carbonyl (C=O) groups excluding carboxylic acids is 2. The lowest BCUT2D eigenvalue weighted by Crippen LogP contribution is -2.34. The Labute approximate surface area is 126 Å². The smallest absolute Gasteiger partial charge is 0.223 e. The van der Waals surface area contributed by atoms with Crippen LogP contribution in [0.1, 0.15) is 42.6 Å². The Balaban J connectivity index is 2.12. The van der Waals surface area contributed by atoms with Gasteiger partial charge in [0, 0.05) is 31.0 Å². The Morgan fingerprint density at radius 2 is 2.05 bits per heavy atom. The zero-order valence-electron chi connectivity index (χ0n) is 13.0. The van der Waals surface area contributed by atoms with Crippen molar-refractivity contribution < 1.29 is 14.3 Å². The third-order valence-electron chi connectivity index (χ3n) is 4.25. The van der Waals surface area contributed by atoms with Crippen LogP contribution < -0.4 is 4.74 Å². The molecule has 1 amide bonds. The Hall–Kier alpha value is -1.84. The van der Waals surface area contributed by atoms with E-state index >= 15 is 0 Å². The zero-order valence-corrected chi connectivity index (χ0v) is 13.0. The highest BCUT2D eigenvalue weighted by Crippen LogP contribution is 2.30. The molecular weight excluding hydrogens is 266 g/mol. The molecule has 0 heterocycles. The maximum atomic E-state index is 12.5. The van der Waals surface area contributed by atoms with Gasteiger partial charge in [0.1, 0.15) is 5.75 Å². The van der Waals surface area contributed by atoms with Crippen molar-refractivity contribution in [2.24, 2.45) is 5.92 Å². The van der Waals surface area contributed by atoms with E-state index in [1.54, 1.807) is 12.0 Å². The Morgan fingerprint density at radius 1 is 1.33 bits per heavy atom. The summed E-state index contributed by atoms with van der Waals surface area (Å²) in [6.45, 7) is 5.32. The highest BCUT2D eigenvalue weighted by atomic mass is 16.5. The van der Waals surface area contributed by atoms with Crippen LogP contribution in [0.5, 0.6) is 5.75 Å². The fraction of sp³-hybridized carbons (Fsp3) is 0.529. The second-order valence-electron chi connectivity index (χ2n) is 5.39. The molecule has 4 heteroatoms. The van der Waals surface area contributed by atoms with Gasteiger partial charge in [0.25, 0.3) is 0 Å². The van der Waals surface area contributed by atoms with E-state index in [0.29, 0.717) is 19.5 Å². The standard InChI is InChI=1S/C17H23NO3/c1-4-18(5-2)16(19)11-13-7-6-12-10-14(21-3)8-9-15(12)17(13)20/h8-10,13H,4-7,11H2,1-3H3. The Morgan fingerprint density at radius 3 is 2.67 bits per heavy atom. The lowest BCUT2D eigenvalue weighted by atomic mass is 9.81. The number of methoxy groups -OCH3 is 1. The van der Waals surface area contributed by atoms with Crippen LogP contribution in [0.25, 0.3) is 0 Å². The molecule has 0 spiro atoms. The molecule has 1 aromatic carbocycles. The maximum absolute atomic E-state index is 12.5. The lowest BCUT2D eigenvalue weighted by molar-refractivity contribution is -0.131. The van der Waals surface area contributed by atoms with Crippen LogP contribution in [-0.4, -0.2) is 36.8 Å².